The summed E-state index contributed by atoms with van der Waals surface area (Å²) in [5.74, 6) is 0.726. The molecule has 0 aliphatic heterocycles. The zero-order valence-electron chi connectivity index (χ0n) is 20.6. The van der Waals surface area contributed by atoms with E-state index in [2.05, 4.69) is 22.9 Å². The molecular weight excluding hydrogens is 494 g/mol. The van der Waals surface area contributed by atoms with Crippen LogP contribution >= 0.6 is 12.4 Å². The molecule has 3 aromatic carbocycles. The zero-order valence-corrected chi connectivity index (χ0v) is 21.4. The van der Waals surface area contributed by atoms with E-state index >= 15 is 0 Å². The SMILES string of the molecule is CC(CC(c1ccc(NC(N)=O)cc1)c1ccc(NC(N)=O)cc1)NC[C@H](O)COc1ccccc1.Cl. The van der Waals surface area contributed by atoms with Crippen molar-refractivity contribution in [3.05, 3.63) is 90.0 Å². The third-order valence-corrected chi connectivity index (χ3v) is 5.64. The molecule has 3 aromatic rings. The van der Waals surface area contributed by atoms with Gasteiger partial charge in [0.2, 0.25) is 0 Å². The van der Waals surface area contributed by atoms with Crippen LogP contribution < -0.4 is 32.2 Å². The van der Waals surface area contributed by atoms with E-state index in [1.807, 2.05) is 54.6 Å². The first-order valence-electron chi connectivity index (χ1n) is 11.7. The van der Waals surface area contributed by atoms with Crippen molar-refractivity contribution >= 4 is 35.8 Å². The minimum atomic E-state index is -0.663. The van der Waals surface area contributed by atoms with Gasteiger partial charge in [-0.05, 0) is 60.9 Å². The maximum atomic E-state index is 11.2. The number of hydrogen-bond acceptors (Lipinski definition) is 5. The molecule has 0 fully saturated rings. The van der Waals surface area contributed by atoms with Gasteiger partial charge in [0.25, 0.3) is 0 Å². The Morgan fingerprint density at radius 3 is 1.78 bits per heavy atom. The molecule has 0 heterocycles. The summed E-state index contributed by atoms with van der Waals surface area (Å²) in [4.78, 5) is 22.3. The second-order valence-electron chi connectivity index (χ2n) is 8.60. The van der Waals surface area contributed by atoms with Gasteiger partial charge in [-0.25, -0.2) is 9.59 Å². The lowest BCUT2D eigenvalue weighted by atomic mass is 9.86. The number of nitrogens with two attached hydrogens (primary N) is 2. The summed E-state index contributed by atoms with van der Waals surface area (Å²) in [7, 11) is 0. The fraction of sp³-hybridized carbons (Fsp3) is 0.259. The summed E-state index contributed by atoms with van der Waals surface area (Å²) in [5, 5.41) is 18.9. The number of primary amides is 2. The summed E-state index contributed by atoms with van der Waals surface area (Å²) < 4.78 is 5.63. The van der Waals surface area contributed by atoms with E-state index in [9.17, 15) is 14.7 Å². The van der Waals surface area contributed by atoms with Crippen molar-refractivity contribution in [1.29, 1.82) is 0 Å². The molecule has 3 rings (SSSR count). The number of anilines is 2. The molecule has 37 heavy (non-hydrogen) atoms. The van der Waals surface area contributed by atoms with Crippen LogP contribution in [0.25, 0.3) is 0 Å². The van der Waals surface area contributed by atoms with Gasteiger partial charge >= 0.3 is 12.1 Å². The number of ether oxygens (including phenoxy) is 1. The van der Waals surface area contributed by atoms with E-state index in [1.165, 1.54) is 0 Å². The number of para-hydroxylation sites is 1. The molecule has 10 heteroatoms. The highest BCUT2D eigenvalue weighted by Crippen LogP contribution is 2.31. The Balaban J connectivity index is 0.00000481. The fourth-order valence-corrected chi connectivity index (χ4v) is 3.89. The van der Waals surface area contributed by atoms with E-state index in [4.69, 9.17) is 16.2 Å². The first kappa shape index (κ1) is 29.4. The summed E-state index contributed by atoms with van der Waals surface area (Å²) >= 11 is 0. The standard InChI is InChI=1S/C27H33N5O4.ClH/c1-18(30-16-23(33)17-36-24-5-3-2-4-6-24)15-25(19-7-11-21(12-8-19)31-26(28)34)20-9-13-22(14-10-20)32-27(29)35;/h2-14,18,23,25,30,33H,15-17H2,1H3,(H3,28,31,34)(H3,29,32,35);1H/t18?,23-;/m0./s1. The highest BCUT2D eigenvalue weighted by atomic mass is 35.5. The van der Waals surface area contributed by atoms with Crippen LogP contribution in [0.2, 0.25) is 0 Å². The quantitative estimate of drug-likeness (QED) is 0.210. The lowest BCUT2D eigenvalue weighted by Crippen LogP contribution is -2.37. The number of urea groups is 2. The topological polar surface area (TPSA) is 152 Å². The van der Waals surface area contributed by atoms with E-state index in [0.717, 1.165) is 17.5 Å². The van der Waals surface area contributed by atoms with Gasteiger partial charge in [-0.3, -0.25) is 0 Å². The maximum Gasteiger partial charge on any atom is 0.316 e. The molecule has 0 aromatic heterocycles. The van der Waals surface area contributed by atoms with Crippen molar-refractivity contribution in [3.8, 4) is 5.75 Å². The molecule has 0 saturated carbocycles. The molecule has 0 aliphatic carbocycles. The molecule has 9 nitrogen and oxygen atoms in total. The van der Waals surface area contributed by atoms with Crippen molar-refractivity contribution in [3.63, 3.8) is 0 Å². The second-order valence-corrected chi connectivity index (χ2v) is 8.60. The molecule has 1 unspecified atom stereocenters. The summed E-state index contributed by atoms with van der Waals surface area (Å²) in [6.45, 7) is 2.63. The third-order valence-electron chi connectivity index (χ3n) is 5.64. The molecule has 0 saturated heterocycles. The van der Waals surface area contributed by atoms with Gasteiger partial charge in [0.15, 0.2) is 0 Å². The molecular formula is C27H34ClN5O4. The number of nitrogens with one attached hydrogen (secondary N) is 3. The van der Waals surface area contributed by atoms with Crippen molar-refractivity contribution in [1.82, 2.24) is 5.32 Å². The van der Waals surface area contributed by atoms with Gasteiger partial charge in [-0.2, -0.15) is 0 Å². The van der Waals surface area contributed by atoms with Gasteiger partial charge in [0, 0.05) is 29.9 Å². The van der Waals surface area contributed by atoms with E-state index < -0.39 is 18.2 Å². The van der Waals surface area contributed by atoms with Crippen LogP contribution in [0, 0.1) is 0 Å². The molecule has 2 atom stereocenters. The lowest BCUT2D eigenvalue weighted by Gasteiger charge is -2.24. The Bertz CT molecular complexity index is 1050. The Kier molecular flexibility index (Phi) is 11.7. The van der Waals surface area contributed by atoms with Crippen LogP contribution in [0.4, 0.5) is 21.0 Å². The van der Waals surface area contributed by atoms with E-state index in [1.54, 1.807) is 24.3 Å². The van der Waals surface area contributed by atoms with Gasteiger partial charge in [0.1, 0.15) is 18.5 Å². The molecule has 0 aliphatic rings. The van der Waals surface area contributed by atoms with Crippen LogP contribution in [-0.2, 0) is 0 Å². The molecule has 198 valence electrons. The largest absolute Gasteiger partial charge is 0.491 e. The number of rotatable bonds is 12. The van der Waals surface area contributed by atoms with Crippen LogP contribution in [0.5, 0.6) is 5.75 Å². The van der Waals surface area contributed by atoms with Gasteiger partial charge in [-0.15, -0.1) is 12.4 Å². The van der Waals surface area contributed by atoms with E-state index in [-0.39, 0.29) is 31.0 Å². The second kappa shape index (κ2) is 14.7. The monoisotopic (exact) mass is 527 g/mol. The Morgan fingerprint density at radius 2 is 1.32 bits per heavy atom. The Morgan fingerprint density at radius 1 is 0.838 bits per heavy atom. The predicted molar refractivity (Wildman–Crippen MR) is 148 cm³/mol. The van der Waals surface area contributed by atoms with Gasteiger partial charge < -0.3 is 37.3 Å². The van der Waals surface area contributed by atoms with Crippen LogP contribution in [-0.4, -0.2) is 42.5 Å². The van der Waals surface area contributed by atoms with Crippen LogP contribution in [0.3, 0.4) is 0 Å². The fourth-order valence-electron chi connectivity index (χ4n) is 3.89. The minimum Gasteiger partial charge on any atom is -0.491 e. The number of aliphatic hydroxyl groups excluding tert-OH is 1. The maximum absolute atomic E-state index is 11.2. The van der Waals surface area contributed by atoms with Crippen LogP contribution in [0.15, 0.2) is 78.9 Å². The Labute approximate surface area is 223 Å². The average molecular weight is 528 g/mol. The first-order chi connectivity index (χ1) is 17.3. The Hall–Kier alpha value is -3.79. The number of benzene rings is 3. The normalized spacial score (nSPS) is 12.2. The van der Waals surface area contributed by atoms with Crippen molar-refractivity contribution in [2.75, 3.05) is 23.8 Å². The van der Waals surface area contributed by atoms with Gasteiger partial charge in [-0.1, -0.05) is 42.5 Å². The number of carbonyl (C=O) groups excluding carboxylic acids is 2. The van der Waals surface area contributed by atoms with Crippen molar-refractivity contribution in [2.45, 2.75) is 31.4 Å². The number of carbonyl (C=O) groups is 2. The number of aliphatic hydroxyl groups is 1. The molecule has 0 spiro atoms. The lowest BCUT2D eigenvalue weighted by molar-refractivity contribution is 0.103. The number of amides is 4. The average Bonchev–Trinajstić information content (AvgIpc) is 2.86. The first-order valence-corrected chi connectivity index (χ1v) is 11.7. The minimum absolute atomic E-state index is 0. The predicted octanol–water partition coefficient (Wildman–Crippen LogP) is 4.03. The van der Waals surface area contributed by atoms with Crippen LogP contribution in [0.1, 0.15) is 30.4 Å². The molecule has 8 N–H and O–H groups in total. The molecule has 4 amide bonds. The highest BCUT2D eigenvalue weighted by Gasteiger charge is 2.19. The summed E-state index contributed by atoms with van der Waals surface area (Å²) in [6, 6.07) is 23.2. The van der Waals surface area contributed by atoms with Crippen molar-refractivity contribution in [2.24, 2.45) is 11.5 Å². The molecule has 0 radical (unpaired) electrons. The smallest absolute Gasteiger partial charge is 0.316 e. The number of hydrogen-bond donors (Lipinski definition) is 6. The summed E-state index contributed by atoms with van der Waals surface area (Å²) in [5.41, 5.74) is 13.7. The zero-order chi connectivity index (χ0) is 25.9. The van der Waals surface area contributed by atoms with Crippen molar-refractivity contribution < 1.29 is 19.4 Å². The molecule has 0 bridgehead atoms. The summed E-state index contributed by atoms with van der Waals surface area (Å²) in [6.07, 6.45) is 0.0710. The van der Waals surface area contributed by atoms with Gasteiger partial charge in [0.05, 0.1) is 0 Å². The third kappa shape index (κ3) is 10.0. The van der Waals surface area contributed by atoms with E-state index in [0.29, 0.717) is 23.7 Å². The highest BCUT2D eigenvalue weighted by molar-refractivity contribution is 5.88. The number of halogens is 1.